The lowest BCUT2D eigenvalue weighted by atomic mass is 10.1. The Morgan fingerprint density at radius 3 is 2.27 bits per heavy atom. The van der Waals surface area contributed by atoms with Crippen molar-refractivity contribution in [2.45, 2.75) is 6.92 Å². The predicted octanol–water partition coefficient (Wildman–Crippen LogP) is 3.17. The Morgan fingerprint density at radius 2 is 1.69 bits per heavy atom. The number of benzene rings is 2. The van der Waals surface area contributed by atoms with Crippen LogP contribution in [0.2, 0.25) is 0 Å². The third-order valence-corrected chi connectivity index (χ3v) is 4.14. The molecule has 2 amide bonds. The van der Waals surface area contributed by atoms with E-state index in [0.717, 1.165) is 6.26 Å². The summed E-state index contributed by atoms with van der Waals surface area (Å²) < 4.78 is 39.7. The van der Waals surface area contributed by atoms with E-state index in [2.05, 4.69) is 31.3 Å². The molecule has 0 atom stereocenters. The smallest absolute Gasteiger partial charge is 0.257 e. The summed E-state index contributed by atoms with van der Waals surface area (Å²) in [6.45, 7) is 1.29. The largest absolute Gasteiger partial charge is 0.326 e. The number of rotatable bonds is 5. The topological polar surface area (TPSA) is 104 Å². The standard InChI is InChI=1S/C16H15BrFN3O4S/c1-9(22)19-11-4-6-14(21-26(2,24)25)12(8-11)16(23)20-15-5-3-10(17)7-13(15)18/h3-8,21H,1-2H3,(H,19,22)(H,20,23). The zero-order chi connectivity index (χ0) is 19.5. The molecule has 0 aliphatic rings. The van der Waals surface area contributed by atoms with Gasteiger partial charge in [0.05, 0.1) is 23.2 Å². The highest BCUT2D eigenvalue weighted by molar-refractivity contribution is 9.10. The van der Waals surface area contributed by atoms with Crippen LogP contribution in [-0.4, -0.2) is 26.5 Å². The van der Waals surface area contributed by atoms with Crippen LogP contribution >= 0.6 is 15.9 Å². The minimum absolute atomic E-state index is 0.00313. The lowest BCUT2D eigenvalue weighted by Gasteiger charge is -2.13. The number of hydrogen-bond donors (Lipinski definition) is 3. The van der Waals surface area contributed by atoms with E-state index in [9.17, 15) is 22.4 Å². The van der Waals surface area contributed by atoms with Gasteiger partial charge in [0, 0.05) is 17.1 Å². The molecule has 2 rings (SSSR count). The first-order chi connectivity index (χ1) is 12.0. The maximum absolute atomic E-state index is 13.9. The van der Waals surface area contributed by atoms with Gasteiger partial charge >= 0.3 is 0 Å². The van der Waals surface area contributed by atoms with Gasteiger partial charge in [-0.15, -0.1) is 0 Å². The van der Waals surface area contributed by atoms with E-state index >= 15 is 0 Å². The summed E-state index contributed by atoms with van der Waals surface area (Å²) in [5.41, 5.74) is 0.132. The van der Waals surface area contributed by atoms with Crippen molar-refractivity contribution >= 4 is 54.8 Å². The van der Waals surface area contributed by atoms with Crippen molar-refractivity contribution in [1.82, 2.24) is 0 Å². The Hall–Kier alpha value is -2.46. The summed E-state index contributed by atoms with van der Waals surface area (Å²) in [5, 5.41) is 4.87. The van der Waals surface area contributed by atoms with Gasteiger partial charge in [-0.1, -0.05) is 15.9 Å². The van der Waals surface area contributed by atoms with Crippen LogP contribution in [-0.2, 0) is 14.8 Å². The van der Waals surface area contributed by atoms with Crippen molar-refractivity contribution in [3.05, 3.63) is 52.3 Å². The predicted molar refractivity (Wildman–Crippen MR) is 101 cm³/mol. The first-order valence-electron chi connectivity index (χ1n) is 7.21. The number of nitrogens with one attached hydrogen (secondary N) is 3. The van der Waals surface area contributed by atoms with E-state index in [4.69, 9.17) is 0 Å². The fourth-order valence-corrected chi connectivity index (χ4v) is 2.99. The molecule has 10 heteroatoms. The van der Waals surface area contributed by atoms with E-state index in [0.29, 0.717) is 4.47 Å². The minimum atomic E-state index is -3.65. The van der Waals surface area contributed by atoms with Gasteiger partial charge in [0.15, 0.2) is 0 Å². The number of hydrogen-bond acceptors (Lipinski definition) is 4. The van der Waals surface area contributed by atoms with Crippen LogP contribution in [0.25, 0.3) is 0 Å². The maximum atomic E-state index is 13.9. The number of amides is 2. The third-order valence-electron chi connectivity index (χ3n) is 3.06. The molecule has 2 aromatic carbocycles. The molecule has 0 fully saturated rings. The maximum Gasteiger partial charge on any atom is 0.257 e. The van der Waals surface area contributed by atoms with Gasteiger partial charge < -0.3 is 10.6 Å². The lowest BCUT2D eigenvalue weighted by molar-refractivity contribution is -0.114. The Labute approximate surface area is 158 Å². The van der Waals surface area contributed by atoms with Crippen molar-refractivity contribution < 1.29 is 22.4 Å². The second kappa shape index (κ2) is 7.83. The van der Waals surface area contributed by atoms with Crippen molar-refractivity contribution in [2.75, 3.05) is 21.6 Å². The zero-order valence-electron chi connectivity index (χ0n) is 13.8. The lowest BCUT2D eigenvalue weighted by Crippen LogP contribution is -2.19. The van der Waals surface area contributed by atoms with Gasteiger partial charge in [0.1, 0.15) is 5.82 Å². The minimum Gasteiger partial charge on any atom is -0.326 e. The molecule has 138 valence electrons. The molecule has 0 saturated heterocycles. The van der Waals surface area contributed by atoms with E-state index in [1.54, 1.807) is 6.07 Å². The van der Waals surface area contributed by atoms with Crippen LogP contribution in [0.15, 0.2) is 40.9 Å². The van der Waals surface area contributed by atoms with Crippen molar-refractivity contribution in [3.63, 3.8) is 0 Å². The summed E-state index contributed by atoms with van der Waals surface area (Å²) in [6.07, 6.45) is 0.935. The molecule has 0 unspecified atom stereocenters. The van der Waals surface area contributed by atoms with Crippen molar-refractivity contribution in [1.29, 1.82) is 0 Å². The Bertz CT molecular complexity index is 979. The fraction of sp³-hybridized carbons (Fsp3) is 0.125. The van der Waals surface area contributed by atoms with Crippen molar-refractivity contribution in [3.8, 4) is 0 Å². The molecular formula is C16H15BrFN3O4S. The average Bonchev–Trinajstić information content (AvgIpc) is 2.49. The van der Waals surface area contributed by atoms with Crippen LogP contribution < -0.4 is 15.4 Å². The highest BCUT2D eigenvalue weighted by Gasteiger charge is 2.17. The summed E-state index contributed by atoms with van der Waals surface area (Å²) >= 11 is 3.11. The highest BCUT2D eigenvalue weighted by Crippen LogP contribution is 2.25. The summed E-state index contributed by atoms with van der Waals surface area (Å²) in [4.78, 5) is 23.8. The SMILES string of the molecule is CC(=O)Nc1ccc(NS(C)(=O)=O)c(C(=O)Nc2ccc(Br)cc2F)c1. The number of carbonyl (C=O) groups excluding carboxylic acids is 2. The van der Waals surface area contributed by atoms with Crippen LogP contribution in [0, 0.1) is 5.82 Å². The van der Waals surface area contributed by atoms with Gasteiger partial charge in [0.25, 0.3) is 5.91 Å². The van der Waals surface area contributed by atoms with Crippen LogP contribution in [0.5, 0.6) is 0 Å². The van der Waals surface area contributed by atoms with Gasteiger partial charge in [-0.25, -0.2) is 12.8 Å². The molecule has 0 aliphatic heterocycles. The Morgan fingerprint density at radius 1 is 1.04 bits per heavy atom. The normalized spacial score (nSPS) is 10.9. The summed E-state index contributed by atoms with van der Waals surface area (Å²) in [7, 11) is -3.65. The molecule has 0 aromatic heterocycles. The average molecular weight is 444 g/mol. The number of anilines is 3. The van der Waals surface area contributed by atoms with E-state index in [1.165, 1.54) is 37.3 Å². The molecule has 26 heavy (non-hydrogen) atoms. The molecule has 0 heterocycles. The third kappa shape index (κ3) is 5.53. The second-order valence-corrected chi connectivity index (χ2v) is 8.06. The van der Waals surface area contributed by atoms with Gasteiger partial charge in [-0.05, 0) is 36.4 Å². The summed E-state index contributed by atoms with van der Waals surface area (Å²) in [6, 6.07) is 8.14. The van der Waals surface area contributed by atoms with E-state index in [1.807, 2.05) is 0 Å². The Balaban J connectivity index is 2.42. The molecule has 2 aromatic rings. The number of sulfonamides is 1. The summed E-state index contributed by atoms with van der Waals surface area (Å²) in [5.74, 6) is -1.77. The first kappa shape index (κ1) is 19.9. The fourth-order valence-electron chi connectivity index (χ4n) is 2.08. The number of halogens is 2. The first-order valence-corrected chi connectivity index (χ1v) is 9.89. The molecule has 7 nitrogen and oxygen atoms in total. The Kier molecular flexibility index (Phi) is 5.98. The van der Waals surface area contributed by atoms with Crippen LogP contribution in [0.4, 0.5) is 21.5 Å². The molecular weight excluding hydrogens is 429 g/mol. The molecule has 0 spiro atoms. The van der Waals surface area contributed by atoms with E-state index < -0.39 is 21.7 Å². The number of carbonyl (C=O) groups is 2. The van der Waals surface area contributed by atoms with Crippen molar-refractivity contribution in [2.24, 2.45) is 0 Å². The second-order valence-electron chi connectivity index (χ2n) is 5.39. The monoisotopic (exact) mass is 443 g/mol. The van der Waals surface area contributed by atoms with E-state index in [-0.39, 0.29) is 28.5 Å². The highest BCUT2D eigenvalue weighted by atomic mass is 79.9. The molecule has 3 N–H and O–H groups in total. The van der Waals surface area contributed by atoms with Crippen LogP contribution in [0.1, 0.15) is 17.3 Å². The van der Waals surface area contributed by atoms with Gasteiger partial charge in [-0.2, -0.15) is 0 Å². The molecule has 0 saturated carbocycles. The quantitative estimate of drug-likeness (QED) is 0.659. The van der Waals surface area contributed by atoms with Gasteiger partial charge in [-0.3, -0.25) is 14.3 Å². The van der Waals surface area contributed by atoms with Gasteiger partial charge in [0.2, 0.25) is 15.9 Å². The molecule has 0 radical (unpaired) electrons. The van der Waals surface area contributed by atoms with Crippen LogP contribution in [0.3, 0.4) is 0 Å². The zero-order valence-corrected chi connectivity index (χ0v) is 16.2. The molecule has 0 aliphatic carbocycles. The molecule has 0 bridgehead atoms.